The van der Waals surface area contributed by atoms with Crippen LogP contribution in [0.2, 0.25) is 0 Å². The molecule has 1 aliphatic carbocycles. The van der Waals surface area contributed by atoms with E-state index in [-0.39, 0.29) is 0 Å². The third-order valence-corrected chi connectivity index (χ3v) is 16.4. The van der Waals surface area contributed by atoms with Crippen LogP contribution in [-0.2, 0) is 20.5 Å². The molecule has 4 heterocycles. The van der Waals surface area contributed by atoms with E-state index in [2.05, 4.69) is 210 Å². The predicted molar refractivity (Wildman–Crippen MR) is 287 cm³/mol. The number of hydrogen-bond donors (Lipinski definition) is 0. The number of rotatable bonds is 6. The first kappa shape index (κ1) is 37.6. The molecule has 0 saturated heterocycles. The molecule has 4 heteroatoms. The van der Waals surface area contributed by atoms with E-state index in [9.17, 15) is 0 Å². The second kappa shape index (κ2) is 13.5. The third kappa shape index (κ3) is 4.97. The van der Waals surface area contributed by atoms with Crippen LogP contribution in [0.4, 0.5) is 0 Å². The van der Waals surface area contributed by atoms with Crippen molar-refractivity contribution in [2.45, 2.75) is 51.6 Å². The van der Waals surface area contributed by atoms with Crippen molar-refractivity contribution in [3.63, 3.8) is 0 Å². The molecule has 1 saturated carbocycles. The first-order chi connectivity index (χ1) is 33.0. The Kier molecular flexibility index (Phi) is 7.59. The van der Waals surface area contributed by atoms with Crippen LogP contribution in [0.25, 0.3) is 130 Å². The Hall–Kier alpha value is -7.56. The van der Waals surface area contributed by atoms with Gasteiger partial charge in [-0.25, -0.2) is 0 Å². The van der Waals surface area contributed by atoms with Gasteiger partial charge in [0.1, 0.15) is 0 Å². The molecule has 1 aliphatic rings. The molecular weight excluding hydrogens is 813 g/mol. The fraction of sp³-hybridized carbons (Fsp3) is 0.175. The van der Waals surface area contributed by atoms with Gasteiger partial charge in [0.25, 0.3) is 0 Å². The largest absolute Gasteiger partial charge is 0.343 e. The predicted octanol–water partition coefficient (Wildman–Crippen LogP) is 17.0. The summed E-state index contributed by atoms with van der Waals surface area (Å²) in [4.78, 5) is 0. The van der Waals surface area contributed by atoms with Gasteiger partial charge in [0.05, 0.1) is 38.6 Å². The Morgan fingerprint density at radius 2 is 0.970 bits per heavy atom. The van der Waals surface area contributed by atoms with Crippen LogP contribution >= 0.6 is 0 Å². The van der Waals surface area contributed by atoms with Gasteiger partial charge in [-0.3, -0.25) is 0 Å². The van der Waals surface area contributed by atoms with Crippen molar-refractivity contribution in [2.24, 2.45) is 20.0 Å². The van der Waals surface area contributed by atoms with Gasteiger partial charge in [-0.15, -0.1) is 0 Å². The molecule has 0 spiro atoms. The second-order valence-corrected chi connectivity index (χ2v) is 20.0. The Morgan fingerprint density at radius 1 is 0.448 bits per heavy atom. The highest BCUT2D eigenvalue weighted by Gasteiger charge is 2.41. The van der Waals surface area contributed by atoms with Gasteiger partial charge in [-0.1, -0.05) is 153 Å². The summed E-state index contributed by atoms with van der Waals surface area (Å²) < 4.78 is 10.3. The quantitative estimate of drug-likeness (QED) is 0.159. The Balaban J connectivity index is 0.869. The van der Waals surface area contributed by atoms with E-state index in [1.54, 1.807) is 0 Å². The second-order valence-electron chi connectivity index (χ2n) is 20.0. The van der Waals surface area contributed by atoms with E-state index < -0.39 is 0 Å². The lowest BCUT2D eigenvalue weighted by Crippen LogP contribution is -2.04. The van der Waals surface area contributed by atoms with Crippen LogP contribution < -0.4 is 0 Å². The third-order valence-electron chi connectivity index (χ3n) is 16.4. The van der Waals surface area contributed by atoms with E-state index in [1.807, 2.05) is 0 Å². The minimum Gasteiger partial charge on any atom is -0.343 e. The van der Waals surface area contributed by atoms with E-state index in [4.69, 9.17) is 0 Å². The molecule has 10 aromatic carbocycles. The van der Waals surface area contributed by atoms with E-state index >= 15 is 0 Å². The van der Waals surface area contributed by atoms with Gasteiger partial charge in [0.2, 0.25) is 0 Å². The molecular formula is C63H50N4. The maximum Gasteiger partial charge on any atom is 0.0590 e. The number of nitrogens with zero attached hydrogens (tertiary/aromatic N) is 4. The van der Waals surface area contributed by atoms with Gasteiger partial charge in [-0.05, 0) is 88.9 Å². The zero-order valence-corrected chi connectivity index (χ0v) is 38.4. The van der Waals surface area contributed by atoms with E-state index in [0.717, 1.165) is 19.3 Å². The number of hydrogen-bond acceptors (Lipinski definition) is 0. The van der Waals surface area contributed by atoms with Crippen LogP contribution in [-0.4, -0.2) is 18.3 Å². The summed E-state index contributed by atoms with van der Waals surface area (Å²) in [6.45, 7) is 4.70. The summed E-state index contributed by atoms with van der Waals surface area (Å²) in [7, 11) is 4.56. The lowest BCUT2D eigenvalue weighted by atomic mass is 9.98. The van der Waals surface area contributed by atoms with Crippen LogP contribution in [0.5, 0.6) is 0 Å². The smallest absolute Gasteiger partial charge is 0.0590 e. The minimum absolute atomic E-state index is 0.402. The molecule has 3 atom stereocenters. The molecule has 0 amide bonds. The number of benzene rings is 10. The molecule has 4 nitrogen and oxygen atoms in total. The van der Waals surface area contributed by atoms with Gasteiger partial charge in [-0.2, -0.15) is 0 Å². The van der Waals surface area contributed by atoms with Crippen molar-refractivity contribution < 1.29 is 0 Å². The normalized spacial score (nSPS) is 16.1. The topological polar surface area (TPSA) is 19.7 Å². The Morgan fingerprint density at radius 3 is 1.75 bits per heavy atom. The monoisotopic (exact) mass is 862 g/mol. The average molecular weight is 863 g/mol. The fourth-order valence-corrected chi connectivity index (χ4v) is 13.4. The zero-order chi connectivity index (χ0) is 44.4. The van der Waals surface area contributed by atoms with E-state index in [1.165, 1.54) is 142 Å². The molecule has 14 aromatic rings. The fourth-order valence-electron chi connectivity index (χ4n) is 13.4. The Bertz CT molecular complexity index is 4470. The van der Waals surface area contributed by atoms with Gasteiger partial charge < -0.3 is 18.3 Å². The van der Waals surface area contributed by atoms with Crippen molar-refractivity contribution in [1.29, 1.82) is 0 Å². The first-order valence-electron chi connectivity index (χ1n) is 24.5. The van der Waals surface area contributed by atoms with Crippen LogP contribution in [0.3, 0.4) is 0 Å². The first-order valence-corrected chi connectivity index (χ1v) is 24.5. The van der Waals surface area contributed by atoms with Crippen LogP contribution in [0.1, 0.15) is 50.8 Å². The highest BCUT2D eigenvalue weighted by Crippen LogP contribution is 2.53. The molecule has 322 valence electrons. The molecule has 0 radical (unpaired) electrons. The molecule has 1 fully saturated rings. The molecule has 15 rings (SSSR count). The van der Waals surface area contributed by atoms with Gasteiger partial charge >= 0.3 is 0 Å². The maximum atomic E-state index is 2.75. The van der Waals surface area contributed by atoms with Crippen LogP contribution in [0, 0.1) is 5.92 Å². The van der Waals surface area contributed by atoms with Gasteiger partial charge in [0.15, 0.2) is 0 Å². The summed E-state index contributed by atoms with van der Waals surface area (Å²) >= 11 is 0. The number of aromatic nitrogens is 4. The number of fused-ring (bicyclic) bond motifs is 22. The van der Waals surface area contributed by atoms with Crippen molar-refractivity contribution in [3.05, 3.63) is 169 Å². The molecule has 67 heavy (non-hydrogen) atoms. The van der Waals surface area contributed by atoms with E-state index in [0.29, 0.717) is 18.0 Å². The molecule has 0 N–H and O–H groups in total. The molecule has 3 unspecified atom stereocenters. The highest BCUT2D eigenvalue weighted by atomic mass is 15.1. The minimum atomic E-state index is 0.402. The summed E-state index contributed by atoms with van der Waals surface area (Å²) in [6.07, 6.45) is 4.54. The lowest BCUT2D eigenvalue weighted by molar-refractivity contribution is 0.527. The number of aryl methyl sites for hydroxylation is 2. The summed E-state index contributed by atoms with van der Waals surface area (Å²) in [5.74, 6) is 0.555. The lowest BCUT2D eigenvalue weighted by Gasteiger charge is -2.16. The molecule has 0 aliphatic heterocycles. The Labute approximate surface area is 387 Å². The average Bonchev–Trinajstić information content (AvgIpc) is 3.61. The van der Waals surface area contributed by atoms with Gasteiger partial charge in [0, 0.05) is 90.9 Å². The van der Waals surface area contributed by atoms with Crippen molar-refractivity contribution in [1.82, 2.24) is 18.3 Å². The summed E-state index contributed by atoms with van der Waals surface area (Å²) in [5, 5.41) is 21.4. The molecule has 4 aromatic heterocycles. The van der Waals surface area contributed by atoms with Crippen LogP contribution in [0.15, 0.2) is 164 Å². The summed E-state index contributed by atoms with van der Waals surface area (Å²) in [5.41, 5.74) is 12.1. The van der Waals surface area contributed by atoms with Crippen molar-refractivity contribution in [2.75, 3.05) is 0 Å². The standard InChI is InChI=1S/C63H50N4/c1-5-12-36(2)66-52-29-23-38-13-6-9-16-43(38)56(52)59-54(66)32-31-51-57(59)49-27-22-41-33-37(19-24-46(41)61(49)64(51)3)34-42-35-55(42)67-53-30-28-48-47-25-20-39-14-7-10-17-44(39)60(47)65(4)63(48)58(53)50-26-21-40-15-8-11-18-45(40)62(50)67/h6-11,13-33,36,42,55H,5,12,34-35H2,1-4H3. The molecule has 0 bridgehead atoms. The summed E-state index contributed by atoms with van der Waals surface area (Å²) in [6, 6.07) is 63.5. The zero-order valence-electron chi connectivity index (χ0n) is 38.4. The highest BCUT2D eigenvalue weighted by molar-refractivity contribution is 6.35. The SMILES string of the molecule is CCCC(C)n1c2ccc3ccccc3c2c2c3c4ccc5cc(CC6CC6n6c7ccc8c9ccc%10ccccc%10c9n(C)c8c7c7ccc8ccccc8c76)ccc5c4n(C)c3ccc21. The van der Waals surface area contributed by atoms with Crippen molar-refractivity contribution >= 4 is 130 Å². The maximum absolute atomic E-state index is 2.75. The van der Waals surface area contributed by atoms with Crippen molar-refractivity contribution in [3.8, 4) is 0 Å².